The number of likely N-dealkylation sites (N-methyl/N-ethyl adjacent to an activating group) is 1. The van der Waals surface area contributed by atoms with Crippen molar-refractivity contribution >= 4 is 19.0 Å². The molecule has 18 heavy (non-hydrogen) atoms. The van der Waals surface area contributed by atoms with Gasteiger partial charge in [-0.1, -0.05) is 12.1 Å². The number of nitrogens with zero attached hydrogens (tertiary/aromatic N) is 2. The minimum atomic E-state index is -2.18. The Morgan fingerprint density at radius 1 is 1.33 bits per heavy atom. The molecule has 1 unspecified atom stereocenters. The number of para-hydroxylation sites is 1. The van der Waals surface area contributed by atoms with E-state index < -0.39 is 13.0 Å². The molecule has 0 saturated heterocycles. The van der Waals surface area contributed by atoms with Crippen LogP contribution in [0.3, 0.4) is 0 Å². The first-order valence-corrected chi connectivity index (χ1v) is 6.63. The van der Waals surface area contributed by atoms with Crippen LogP contribution in [0.25, 0.3) is 0 Å². The largest absolute Gasteiger partial charge is 0.556 e. The molecule has 0 heterocycles. The van der Waals surface area contributed by atoms with Gasteiger partial charge in [0.05, 0.1) is 26.1 Å². The molecule has 0 saturated carbocycles. The van der Waals surface area contributed by atoms with Gasteiger partial charge in [-0.25, -0.2) is 0 Å². The number of benzene rings is 1. The van der Waals surface area contributed by atoms with E-state index in [2.05, 4.69) is 0 Å². The van der Waals surface area contributed by atoms with Crippen molar-refractivity contribution in [1.29, 1.82) is 0 Å². The van der Waals surface area contributed by atoms with Gasteiger partial charge in [-0.3, -0.25) is 10.1 Å². The van der Waals surface area contributed by atoms with Gasteiger partial charge in [-0.05, 0) is 4.57 Å². The maximum Gasteiger partial charge on any atom is 0.556 e. The van der Waals surface area contributed by atoms with E-state index in [1.807, 2.05) is 21.1 Å². The van der Waals surface area contributed by atoms with Crippen LogP contribution in [-0.4, -0.2) is 43.7 Å². The lowest BCUT2D eigenvalue weighted by Gasteiger charge is -2.21. The van der Waals surface area contributed by atoms with Crippen molar-refractivity contribution in [2.24, 2.45) is 0 Å². The first-order valence-electron chi connectivity index (χ1n) is 5.45. The molecule has 0 aliphatic heterocycles. The Labute approximate surface area is 107 Å². The summed E-state index contributed by atoms with van der Waals surface area (Å²) in [6.45, 7) is 0.979. The van der Waals surface area contributed by atoms with Gasteiger partial charge in [0, 0.05) is 12.1 Å². The molecule has 1 aromatic carbocycles. The Hall–Kier alpha value is -1.36. The summed E-state index contributed by atoms with van der Waals surface area (Å²) in [4.78, 5) is 10.2. The van der Waals surface area contributed by atoms with E-state index in [9.17, 15) is 14.7 Å². The molecule has 0 bridgehead atoms. The van der Waals surface area contributed by atoms with Crippen molar-refractivity contribution < 1.29 is 18.5 Å². The van der Waals surface area contributed by atoms with Crippen LogP contribution >= 0.6 is 8.03 Å². The SMILES string of the molecule is C[N+](C)(C)CCO[P+](=O)c1ccccc1[N+](=O)[O-]. The number of quaternary nitrogens is 1. The lowest BCUT2D eigenvalue weighted by Crippen LogP contribution is -2.37. The van der Waals surface area contributed by atoms with Crippen molar-refractivity contribution in [3.63, 3.8) is 0 Å². The predicted molar refractivity (Wildman–Crippen MR) is 69.2 cm³/mol. The number of hydrogen-bond donors (Lipinski definition) is 0. The zero-order valence-electron chi connectivity index (χ0n) is 10.7. The highest BCUT2D eigenvalue weighted by Crippen LogP contribution is 2.26. The molecule has 0 amide bonds. The molecule has 0 fully saturated rings. The Morgan fingerprint density at radius 3 is 2.50 bits per heavy atom. The van der Waals surface area contributed by atoms with E-state index in [4.69, 9.17) is 4.52 Å². The number of rotatable bonds is 6. The van der Waals surface area contributed by atoms with Crippen LogP contribution in [-0.2, 0) is 9.09 Å². The third-order valence-electron chi connectivity index (χ3n) is 2.25. The average Bonchev–Trinajstić information content (AvgIpc) is 2.27. The summed E-state index contributed by atoms with van der Waals surface area (Å²) < 4.78 is 17.7. The van der Waals surface area contributed by atoms with Crippen LogP contribution in [0, 0.1) is 10.1 Å². The van der Waals surface area contributed by atoms with Crippen molar-refractivity contribution in [2.45, 2.75) is 0 Å². The molecule has 1 rings (SSSR count). The molecule has 0 aromatic heterocycles. The van der Waals surface area contributed by atoms with Crippen LogP contribution < -0.4 is 5.30 Å². The maximum absolute atomic E-state index is 11.9. The Bertz CT molecular complexity index is 457. The second-order valence-corrected chi connectivity index (χ2v) is 6.10. The molecular weight excluding hydrogens is 255 g/mol. The van der Waals surface area contributed by atoms with Gasteiger partial charge in [-0.2, -0.15) is 0 Å². The van der Waals surface area contributed by atoms with E-state index in [0.29, 0.717) is 17.6 Å². The van der Waals surface area contributed by atoms with Crippen LogP contribution in [0.1, 0.15) is 0 Å². The smallest absolute Gasteiger partial charge is 0.329 e. The van der Waals surface area contributed by atoms with E-state index in [-0.39, 0.29) is 11.0 Å². The summed E-state index contributed by atoms with van der Waals surface area (Å²) in [7, 11) is 3.78. The topological polar surface area (TPSA) is 69.4 Å². The second kappa shape index (κ2) is 6.00. The fourth-order valence-corrected chi connectivity index (χ4v) is 2.18. The van der Waals surface area contributed by atoms with Crippen molar-refractivity contribution in [3.8, 4) is 0 Å². The highest BCUT2D eigenvalue weighted by atomic mass is 31.1. The zero-order chi connectivity index (χ0) is 13.8. The normalized spacial score (nSPS) is 12.3. The fraction of sp³-hybridized carbons (Fsp3) is 0.455. The average molecular weight is 272 g/mol. The van der Waals surface area contributed by atoms with Gasteiger partial charge < -0.3 is 4.48 Å². The molecule has 0 aliphatic carbocycles. The van der Waals surface area contributed by atoms with Gasteiger partial charge in [0.25, 0.3) is 0 Å². The molecule has 0 N–H and O–H groups in total. The number of nitro groups is 1. The van der Waals surface area contributed by atoms with E-state index in [0.717, 1.165) is 0 Å². The Morgan fingerprint density at radius 2 is 1.94 bits per heavy atom. The summed E-state index contributed by atoms with van der Waals surface area (Å²) in [6, 6.07) is 5.93. The van der Waals surface area contributed by atoms with Crippen LogP contribution in [0.4, 0.5) is 5.69 Å². The third kappa shape index (κ3) is 4.49. The number of hydrogen-bond acceptors (Lipinski definition) is 4. The first kappa shape index (κ1) is 14.7. The third-order valence-corrected chi connectivity index (χ3v) is 3.43. The highest BCUT2D eigenvalue weighted by Gasteiger charge is 2.32. The first-order chi connectivity index (χ1) is 8.31. The van der Waals surface area contributed by atoms with Crippen molar-refractivity contribution in [3.05, 3.63) is 34.4 Å². The molecule has 0 spiro atoms. The standard InChI is InChI=1S/C11H17N2O4P/c1-13(2,3)8-9-17-18(16)11-7-5-4-6-10(11)12(14)15/h4-7H,8-9H2,1-3H3/q+2. The predicted octanol–water partition coefficient (Wildman–Crippen LogP) is 1.69. The quantitative estimate of drug-likeness (QED) is 0.342. The number of nitro benzene ring substituents is 1. The molecule has 1 aromatic rings. The van der Waals surface area contributed by atoms with Crippen LogP contribution in [0.2, 0.25) is 0 Å². The summed E-state index contributed by atoms with van der Waals surface area (Å²) >= 11 is 0. The molecule has 7 heteroatoms. The molecule has 0 radical (unpaired) electrons. The summed E-state index contributed by atoms with van der Waals surface area (Å²) in [5.74, 6) is 0. The maximum atomic E-state index is 11.9. The fourth-order valence-electron chi connectivity index (χ4n) is 1.24. The van der Waals surface area contributed by atoms with Crippen LogP contribution in [0.15, 0.2) is 24.3 Å². The van der Waals surface area contributed by atoms with Gasteiger partial charge >= 0.3 is 19.0 Å². The summed E-state index contributed by atoms with van der Waals surface area (Å²) in [5, 5.41) is 10.9. The van der Waals surface area contributed by atoms with Gasteiger partial charge in [0.1, 0.15) is 6.54 Å². The minimum absolute atomic E-state index is 0.138. The summed E-state index contributed by atoms with van der Waals surface area (Å²) in [6.07, 6.45) is 0. The van der Waals surface area contributed by atoms with Gasteiger partial charge in [-0.15, -0.1) is 4.52 Å². The van der Waals surface area contributed by atoms with Gasteiger partial charge in [0.15, 0.2) is 6.61 Å². The van der Waals surface area contributed by atoms with Crippen LogP contribution in [0.5, 0.6) is 0 Å². The Balaban J connectivity index is 2.70. The molecular formula is C11H17N2O4P+2. The molecule has 6 nitrogen and oxygen atoms in total. The zero-order valence-corrected chi connectivity index (χ0v) is 11.6. The lowest BCUT2D eigenvalue weighted by molar-refractivity contribution is -0.870. The molecule has 1 atom stereocenters. The van der Waals surface area contributed by atoms with Gasteiger partial charge in [0.2, 0.25) is 0 Å². The Kier molecular flexibility index (Phi) is 4.90. The molecule has 0 aliphatic rings. The lowest BCUT2D eigenvalue weighted by atomic mass is 10.3. The van der Waals surface area contributed by atoms with Crippen molar-refractivity contribution in [1.82, 2.24) is 0 Å². The van der Waals surface area contributed by atoms with E-state index in [1.54, 1.807) is 6.07 Å². The monoisotopic (exact) mass is 272 g/mol. The molecule has 98 valence electrons. The van der Waals surface area contributed by atoms with E-state index >= 15 is 0 Å². The minimum Gasteiger partial charge on any atom is -0.329 e. The van der Waals surface area contributed by atoms with E-state index in [1.165, 1.54) is 18.2 Å². The van der Waals surface area contributed by atoms with Crippen molar-refractivity contribution in [2.75, 3.05) is 34.3 Å². The summed E-state index contributed by atoms with van der Waals surface area (Å²) in [5.41, 5.74) is -0.163. The highest BCUT2D eigenvalue weighted by molar-refractivity contribution is 7.48. The second-order valence-electron chi connectivity index (χ2n) is 4.85.